The van der Waals surface area contributed by atoms with Crippen LogP contribution in [0.1, 0.15) is 24.1 Å². The number of oxazole rings is 1. The average molecular weight is 368 g/mol. The van der Waals surface area contributed by atoms with E-state index in [1.807, 2.05) is 30.3 Å². The third-order valence-electron chi connectivity index (χ3n) is 4.57. The second kappa shape index (κ2) is 7.31. The van der Waals surface area contributed by atoms with Crippen molar-refractivity contribution in [1.82, 2.24) is 9.88 Å². The lowest BCUT2D eigenvalue weighted by Crippen LogP contribution is -2.34. The molecule has 0 unspecified atom stereocenters. The first kappa shape index (κ1) is 17.4. The van der Waals surface area contributed by atoms with Gasteiger partial charge < -0.3 is 9.32 Å². The maximum atomic E-state index is 14.0. The van der Waals surface area contributed by atoms with Crippen LogP contribution in [0.2, 0.25) is 0 Å². The van der Waals surface area contributed by atoms with Crippen LogP contribution >= 0.6 is 0 Å². The van der Waals surface area contributed by atoms with E-state index in [2.05, 4.69) is 4.98 Å². The van der Waals surface area contributed by atoms with Gasteiger partial charge in [-0.2, -0.15) is 0 Å². The maximum absolute atomic E-state index is 14.0. The van der Waals surface area contributed by atoms with E-state index in [0.29, 0.717) is 17.1 Å². The van der Waals surface area contributed by atoms with Crippen molar-refractivity contribution < 1.29 is 18.0 Å². The number of carbonyl (C=O) groups excluding carboxylic acids is 1. The Morgan fingerprint density at radius 3 is 2.63 bits per heavy atom. The Morgan fingerprint density at radius 2 is 1.93 bits per heavy atom. The summed E-state index contributed by atoms with van der Waals surface area (Å²) in [6.07, 6.45) is 3.34. The molecule has 4 rings (SSSR count). The Labute approximate surface area is 155 Å². The molecule has 1 aromatic heterocycles. The van der Waals surface area contributed by atoms with Crippen LogP contribution < -0.4 is 0 Å². The number of aromatic nitrogens is 1. The van der Waals surface area contributed by atoms with Gasteiger partial charge in [0, 0.05) is 29.8 Å². The molecule has 0 saturated heterocycles. The minimum Gasteiger partial charge on any atom is -0.444 e. The van der Waals surface area contributed by atoms with Gasteiger partial charge in [0.05, 0.1) is 12.1 Å². The largest absolute Gasteiger partial charge is 0.444 e. The number of hydrogen-bond donors (Lipinski definition) is 0. The fraction of sp³-hybridized carbons (Fsp3) is 0.238. The second-order valence-electron chi connectivity index (χ2n) is 6.68. The van der Waals surface area contributed by atoms with Crippen LogP contribution in [0, 0.1) is 11.6 Å². The van der Waals surface area contributed by atoms with Crippen LogP contribution in [-0.4, -0.2) is 21.8 Å². The highest BCUT2D eigenvalue weighted by Gasteiger charge is 2.33. The summed E-state index contributed by atoms with van der Waals surface area (Å²) < 4.78 is 32.6. The SMILES string of the molecule is O=C(Cc1coc(-c2ccccc2)n1)N(Cc1ccc(F)cc1F)C1CC1. The van der Waals surface area contributed by atoms with Gasteiger partial charge in [0.25, 0.3) is 0 Å². The van der Waals surface area contributed by atoms with Gasteiger partial charge >= 0.3 is 0 Å². The van der Waals surface area contributed by atoms with E-state index in [-0.39, 0.29) is 24.9 Å². The lowest BCUT2D eigenvalue weighted by Gasteiger charge is -2.22. The van der Waals surface area contributed by atoms with E-state index in [1.165, 1.54) is 18.4 Å². The Hall–Kier alpha value is -3.02. The molecule has 3 aromatic rings. The van der Waals surface area contributed by atoms with Crippen LogP contribution in [0.25, 0.3) is 11.5 Å². The first-order chi connectivity index (χ1) is 13.1. The molecular formula is C21H18F2N2O2. The number of amides is 1. The molecule has 0 spiro atoms. The number of benzene rings is 2. The smallest absolute Gasteiger partial charge is 0.229 e. The minimum absolute atomic E-state index is 0.0790. The van der Waals surface area contributed by atoms with Crippen molar-refractivity contribution in [3.8, 4) is 11.5 Å². The third-order valence-corrected chi connectivity index (χ3v) is 4.57. The lowest BCUT2D eigenvalue weighted by atomic mass is 10.1. The number of rotatable bonds is 6. The molecule has 1 aliphatic carbocycles. The molecular weight excluding hydrogens is 350 g/mol. The van der Waals surface area contributed by atoms with Gasteiger partial charge in [0.15, 0.2) is 0 Å². The van der Waals surface area contributed by atoms with Crippen LogP contribution in [0.3, 0.4) is 0 Å². The quantitative estimate of drug-likeness (QED) is 0.650. The van der Waals surface area contributed by atoms with Gasteiger partial charge in [-0.15, -0.1) is 0 Å². The first-order valence-corrected chi connectivity index (χ1v) is 8.83. The molecule has 1 heterocycles. The highest BCUT2D eigenvalue weighted by atomic mass is 19.1. The molecule has 0 N–H and O–H groups in total. The van der Waals surface area contributed by atoms with Crippen molar-refractivity contribution in [2.45, 2.75) is 31.8 Å². The summed E-state index contributed by atoms with van der Waals surface area (Å²) in [6.45, 7) is 0.124. The van der Waals surface area contributed by atoms with Gasteiger partial charge in [-0.3, -0.25) is 4.79 Å². The van der Waals surface area contributed by atoms with Crippen LogP contribution in [0.5, 0.6) is 0 Å². The average Bonchev–Trinajstić information content (AvgIpc) is 3.40. The Kier molecular flexibility index (Phi) is 4.71. The monoisotopic (exact) mass is 368 g/mol. The molecule has 1 saturated carbocycles. The van der Waals surface area contributed by atoms with Crippen molar-refractivity contribution in [3.05, 3.63) is 77.7 Å². The lowest BCUT2D eigenvalue weighted by molar-refractivity contribution is -0.131. The fourth-order valence-electron chi connectivity index (χ4n) is 3.00. The number of halogens is 2. The molecule has 0 bridgehead atoms. The Balaban J connectivity index is 1.48. The Morgan fingerprint density at radius 1 is 1.15 bits per heavy atom. The predicted molar refractivity (Wildman–Crippen MR) is 95.6 cm³/mol. The molecule has 138 valence electrons. The standard InChI is InChI=1S/C21H18F2N2O2/c22-16-7-6-15(19(23)10-16)12-25(18-8-9-18)20(26)11-17-13-27-21(24-17)14-4-2-1-3-5-14/h1-7,10,13,18H,8-9,11-12H2. The van der Waals surface area contributed by atoms with Crippen LogP contribution in [0.15, 0.2) is 59.2 Å². The molecule has 1 amide bonds. The van der Waals surface area contributed by atoms with E-state index >= 15 is 0 Å². The minimum atomic E-state index is -0.638. The Bertz CT molecular complexity index is 952. The van der Waals surface area contributed by atoms with Gasteiger partial charge in [0.1, 0.15) is 17.9 Å². The van der Waals surface area contributed by atoms with Crippen molar-refractivity contribution in [3.63, 3.8) is 0 Å². The van der Waals surface area contributed by atoms with Crippen molar-refractivity contribution in [1.29, 1.82) is 0 Å². The van der Waals surface area contributed by atoms with Crippen LogP contribution in [0.4, 0.5) is 8.78 Å². The highest BCUT2D eigenvalue weighted by molar-refractivity contribution is 5.79. The molecule has 1 fully saturated rings. The van der Waals surface area contributed by atoms with Gasteiger partial charge in [-0.1, -0.05) is 24.3 Å². The highest BCUT2D eigenvalue weighted by Crippen LogP contribution is 2.30. The van der Waals surface area contributed by atoms with E-state index in [0.717, 1.165) is 24.5 Å². The summed E-state index contributed by atoms with van der Waals surface area (Å²) in [4.78, 5) is 18.8. The summed E-state index contributed by atoms with van der Waals surface area (Å²) in [5.74, 6) is -0.951. The summed E-state index contributed by atoms with van der Waals surface area (Å²) in [6, 6.07) is 13.0. The summed E-state index contributed by atoms with van der Waals surface area (Å²) in [5, 5.41) is 0. The van der Waals surface area contributed by atoms with Gasteiger partial charge in [-0.05, 0) is 31.0 Å². The van der Waals surface area contributed by atoms with Crippen molar-refractivity contribution in [2.24, 2.45) is 0 Å². The zero-order valence-electron chi connectivity index (χ0n) is 14.6. The van der Waals surface area contributed by atoms with Crippen molar-refractivity contribution in [2.75, 3.05) is 0 Å². The van der Waals surface area contributed by atoms with E-state index in [9.17, 15) is 13.6 Å². The normalized spacial score (nSPS) is 13.6. The van der Waals surface area contributed by atoms with E-state index < -0.39 is 11.6 Å². The number of carbonyl (C=O) groups is 1. The molecule has 27 heavy (non-hydrogen) atoms. The van der Waals surface area contributed by atoms with Gasteiger partial charge in [-0.25, -0.2) is 13.8 Å². The maximum Gasteiger partial charge on any atom is 0.229 e. The zero-order valence-corrected chi connectivity index (χ0v) is 14.6. The number of hydrogen-bond acceptors (Lipinski definition) is 3. The topological polar surface area (TPSA) is 46.3 Å². The summed E-state index contributed by atoms with van der Waals surface area (Å²) >= 11 is 0. The molecule has 0 radical (unpaired) electrons. The molecule has 0 atom stereocenters. The summed E-state index contributed by atoms with van der Waals surface area (Å²) in [5.41, 5.74) is 1.68. The molecule has 4 nitrogen and oxygen atoms in total. The summed E-state index contributed by atoms with van der Waals surface area (Å²) in [7, 11) is 0. The first-order valence-electron chi connectivity index (χ1n) is 8.83. The van der Waals surface area contributed by atoms with Crippen molar-refractivity contribution >= 4 is 5.91 Å². The molecule has 0 aliphatic heterocycles. The van der Waals surface area contributed by atoms with E-state index in [1.54, 1.807) is 4.90 Å². The van der Waals surface area contributed by atoms with Crippen LogP contribution in [-0.2, 0) is 17.8 Å². The fourth-order valence-corrected chi connectivity index (χ4v) is 3.00. The predicted octanol–water partition coefficient (Wildman–Crippen LogP) is 4.35. The third kappa shape index (κ3) is 4.05. The molecule has 1 aliphatic rings. The molecule has 6 heteroatoms. The zero-order chi connectivity index (χ0) is 18.8. The molecule has 2 aromatic carbocycles. The van der Waals surface area contributed by atoms with E-state index in [4.69, 9.17) is 4.42 Å². The second-order valence-corrected chi connectivity index (χ2v) is 6.68. The van der Waals surface area contributed by atoms with Gasteiger partial charge in [0.2, 0.25) is 11.8 Å². The number of nitrogens with zero attached hydrogens (tertiary/aromatic N) is 2.